The number of halogens is 2. The summed E-state index contributed by atoms with van der Waals surface area (Å²) in [7, 11) is 0. The quantitative estimate of drug-likeness (QED) is 0.119. The van der Waals surface area contributed by atoms with Gasteiger partial charge < -0.3 is 18.9 Å². The maximum absolute atomic E-state index is 12.3. The van der Waals surface area contributed by atoms with Crippen LogP contribution in [0.5, 0.6) is 23.0 Å². The molecule has 4 rings (SSSR count). The van der Waals surface area contributed by atoms with Crippen molar-refractivity contribution in [3.63, 3.8) is 0 Å². The molecule has 0 aliphatic heterocycles. The minimum Gasteiger partial charge on any atom is -0.490 e. The van der Waals surface area contributed by atoms with Gasteiger partial charge in [0, 0.05) is 10.0 Å². The third-order valence-corrected chi connectivity index (χ3v) is 6.56. The second-order valence-electron chi connectivity index (χ2n) is 8.75. The van der Waals surface area contributed by atoms with Crippen molar-refractivity contribution in [1.82, 2.24) is 5.43 Å². The van der Waals surface area contributed by atoms with E-state index in [9.17, 15) is 4.79 Å². The van der Waals surface area contributed by atoms with Crippen molar-refractivity contribution in [1.29, 1.82) is 0 Å². The lowest BCUT2D eigenvalue weighted by molar-refractivity contribution is 0.0955. The third kappa shape index (κ3) is 8.74. The topological polar surface area (TPSA) is 78.4 Å². The normalized spacial score (nSPS) is 10.8. The van der Waals surface area contributed by atoms with E-state index in [0.717, 1.165) is 15.6 Å². The highest BCUT2D eigenvalue weighted by Crippen LogP contribution is 2.37. The Balaban J connectivity index is 1.43. The summed E-state index contributed by atoms with van der Waals surface area (Å²) < 4.78 is 24.6. The Morgan fingerprint density at radius 1 is 0.805 bits per heavy atom. The molecular weight excluding hydrogens is 608 g/mol. The second kappa shape index (κ2) is 15.1. The van der Waals surface area contributed by atoms with Gasteiger partial charge in [-0.25, -0.2) is 5.43 Å². The fraction of sp³-hybridized carbons (Fsp3) is 0.188. The molecule has 4 aromatic rings. The minimum absolute atomic E-state index is 0.232. The van der Waals surface area contributed by atoms with E-state index in [1.165, 1.54) is 6.21 Å². The Bertz CT molecular complexity index is 1480. The predicted octanol–water partition coefficient (Wildman–Crippen LogP) is 7.82. The van der Waals surface area contributed by atoms with Crippen LogP contribution in [0.2, 0.25) is 5.02 Å². The number of ether oxygens (including phenoxy) is 4. The first-order valence-corrected chi connectivity index (χ1v) is 14.2. The molecule has 0 unspecified atom stereocenters. The molecule has 1 N–H and O–H groups in total. The number of hydrogen-bond donors (Lipinski definition) is 1. The lowest BCUT2D eigenvalue weighted by Gasteiger charge is -2.16. The van der Waals surface area contributed by atoms with Gasteiger partial charge in [-0.2, -0.15) is 5.10 Å². The Labute approximate surface area is 253 Å². The molecule has 7 nitrogen and oxygen atoms in total. The summed E-state index contributed by atoms with van der Waals surface area (Å²) in [4.78, 5) is 12.3. The molecule has 0 radical (unpaired) electrons. The lowest BCUT2D eigenvalue weighted by atomic mass is 10.2. The number of hydrazone groups is 1. The fourth-order valence-corrected chi connectivity index (χ4v) is 4.36. The van der Waals surface area contributed by atoms with Gasteiger partial charge in [0.25, 0.3) is 5.91 Å². The zero-order valence-corrected chi connectivity index (χ0v) is 25.1. The van der Waals surface area contributed by atoms with Gasteiger partial charge in [-0.15, -0.1) is 0 Å². The molecule has 41 heavy (non-hydrogen) atoms. The molecule has 212 valence electrons. The highest BCUT2D eigenvalue weighted by Gasteiger charge is 2.14. The van der Waals surface area contributed by atoms with E-state index in [-0.39, 0.29) is 12.5 Å². The van der Waals surface area contributed by atoms with E-state index >= 15 is 0 Å². The van der Waals surface area contributed by atoms with Crippen molar-refractivity contribution >= 4 is 39.7 Å². The summed E-state index contributed by atoms with van der Waals surface area (Å²) >= 11 is 9.94. The van der Waals surface area contributed by atoms with E-state index in [0.29, 0.717) is 59.0 Å². The van der Waals surface area contributed by atoms with Crippen molar-refractivity contribution in [2.45, 2.75) is 27.1 Å². The lowest BCUT2D eigenvalue weighted by Crippen LogP contribution is -2.17. The van der Waals surface area contributed by atoms with Gasteiger partial charge in [0.1, 0.15) is 13.2 Å². The average molecular weight is 638 g/mol. The molecule has 0 heterocycles. The Kier molecular flexibility index (Phi) is 11.0. The second-order valence-corrected chi connectivity index (χ2v) is 10.1. The smallest absolute Gasteiger partial charge is 0.271 e. The van der Waals surface area contributed by atoms with Crippen LogP contribution in [-0.4, -0.2) is 25.3 Å². The van der Waals surface area contributed by atoms with Crippen molar-refractivity contribution in [2.24, 2.45) is 5.10 Å². The molecule has 0 aliphatic carbocycles. The standard InChI is InChI=1S/C32H30BrClN2O5/c1-3-38-29-17-23(10-15-28(29)40-20-22-8-6-5-7-9-22)21-41-31-27(34)16-24(18-30(31)39-4-2)19-35-36-32(37)25-11-13-26(33)14-12-25/h5-19H,3-4,20-21H2,1-2H3,(H,36,37)/b35-19+. The number of benzene rings is 4. The van der Waals surface area contributed by atoms with Crippen LogP contribution < -0.4 is 24.4 Å². The van der Waals surface area contributed by atoms with Crippen molar-refractivity contribution in [2.75, 3.05) is 13.2 Å². The molecule has 0 saturated heterocycles. The SMILES string of the molecule is CCOc1cc(COc2c(Cl)cc(/C=N/NC(=O)c3ccc(Br)cc3)cc2OCC)ccc1OCc1ccccc1. The molecule has 0 fully saturated rings. The monoisotopic (exact) mass is 636 g/mol. The maximum Gasteiger partial charge on any atom is 0.271 e. The fourth-order valence-electron chi connectivity index (χ4n) is 3.82. The largest absolute Gasteiger partial charge is 0.490 e. The molecule has 0 spiro atoms. The molecule has 0 bridgehead atoms. The molecule has 0 aliphatic rings. The zero-order valence-electron chi connectivity index (χ0n) is 22.7. The number of amides is 1. The Hall–Kier alpha value is -4.01. The summed E-state index contributed by atoms with van der Waals surface area (Å²) in [6.07, 6.45) is 1.50. The molecule has 0 saturated carbocycles. The molecule has 1 amide bonds. The van der Waals surface area contributed by atoms with Crippen LogP contribution in [0.4, 0.5) is 0 Å². The van der Waals surface area contributed by atoms with Crippen molar-refractivity contribution in [3.05, 3.63) is 117 Å². The average Bonchev–Trinajstić information content (AvgIpc) is 2.97. The minimum atomic E-state index is -0.326. The van der Waals surface area contributed by atoms with Gasteiger partial charge in [-0.05, 0) is 79.1 Å². The first kappa shape index (κ1) is 30.0. The molecule has 0 aromatic heterocycles. The number of carbonyl (C=O) groups excluding carboxylic acids is 1. The van der Waals surface area contributed by atoms with Gasteiger partial charge in [0.15, 0.2) is 23.0 Å². The van der Waals surface area contributed by atoms with E-state index in [4.69, 9.17) is 30.5 Å². The highest BCUT2D eigenvalue weighted by molar-refractivity contribution is 9.10. The third-order valence-electron chi connectivity index (χ3n) is 5.75. The summed E-state index contributed by atoms with van der Waals surface area (Å²) in [5.41, 5.74) is 5.59. The summed E-state index contributed by atoms with van der Waals surface area (Å²) in [6.45, 7) is 5.38. The van der Waals surface area contributed by atoms with Gasteiger partial charge in [-0.1, -0.05) is 63.9 Å². The first-order valence-electron chi connectivity index (χ1n) is 13.1. The number of rotatable bonds is 13. The van der Waals surface area contributed by atoms with Crippen LogP contribution >= 0.6 is 27.5 Å². The Morgan fingerprint density at radius 2 is 1.51 bits per heavy atom. The molecular formula is C32H30BrClN2O5. The van der Waals surface area contributed by atoms with Crippen LogP contribution in [0.3, 0.4) is 0 Å². The van der Waals surface area contributed by atoms with Gasteiger partial charge in [-0.3, -0.25) is 4.79 Å². The number of hydrogen-bond acceptors (Lipinski definition) is 6. The van der Waals surface area contributed by atoms with E-state index in [1.807, 2.05) is 62.4 Å². The van der Waals surface area contributed by atoms with Crippen LogP contribution in [-0.2, 0) is 13.2 Å². The molecule has 9 heteroatoms. The van der Waals surface area contributed by atoms with Crippen LogP contribution in [0.1, 0.15) is 40.9 Å². The highest BCUT2D eigenvalue weighted by atomic mass is 79.9. The number of nitrogens with one attached hydrogen (secondary N) is 1. The summed E-state index contributed by atoms with van der Waals surface area (Å²) in [5, 5.41) is 4.41. The van der Waals surface area contributed by atoms with Crippen LogP contribution in [0.15, 0.2) is 94.5 Å². The predicted molar refractivity (Wildman–Crippen MR) is 165 cm³/mol. The number of nitrogens with zero attached hydrogens (tertiary/aromatic N) is 1. The van der Waals surface area contributed by atoms with E-state index in [2.05, 4.69) is 26.5 Å². The van der Waals surface area contributed by atoms with Crippen molar-refractivity contribution in [3.8, 4) is 23.0 Å². The van der Waals surface area contributed by atoms with Gasteiger partial charge in [0.2, 0.25) is 0 Å². The first-order chi connectivity index (χ1) is 20.0. The molecule has 0 atom stereocenters. The van der Waals surface area contributed by atoms with Crippen molar-refractivity contribution < 1.29 is 23.7 Å². The van der Waals surface area contributed by atoms with Gasteiger partial charge >= 0.3 is 0 Å². The zero-order chi connectivity index (χ0) is 29.0. The van der Waals surface area contributed by atoms with Crippen LogP contribution in [0, 0.1) is 0 Å². The van der Waals surface area contributed by atoms with Crippen LogP contribution in [0.25, 0.3) is 0 Å². The van der Waals surface area contributed by atoms with Gasteiger partial charge in [0.05, 0.1) is 24.5 Å². The maximum atomic E-state index is 12.3. The molecule has 4 aromatic carbocycles. The number of carbonyl (C=O) groups is 1. The summed E-state index contributed by atoms with van der Waals surface area (Å²) in [6, 6.07) is 26.1. The Morgan fingerprint density at radius 3 is 2.24 bits per heavy atom. The van der Waals surface area contributed by atoms with E-state index < -0.39 is 0 Å². The van der Waals surface area contributed by atoms with E-state index in [1.54, 1.807) is 36.4 Å². The summed E-state index contributed by atoms with van der Waals surface area (Å²) in [5.74, 6) is 1.84.